The maximum Gasteiger partial charge on any atom is 0.154 e. The Hall–Kier alpha value is -1.37. The molecule has 0 saturated carbocycles. The van der Waals surface area contributed by atoms with Crippen LogP contribution in [0.25, 0.3) is 0 Å². The van der Waals surface area contributed by atoms with Crippen LogP contribution in [0.5, 0.6) is 0 Å². The van der Waals surface area contributed by atoms with Crippen LogP contribution in [0.1, 0.15) is 13.8 Å². The van der Waals surface area contributed by atoms with E-state index in [4.69, 9.17) is 0 Å². The Labute approximate surface area is 102 Å². The first-order valence-electron chi connectivity index (χ1n) is 5.19. The van der Waals surface area contributed by atoms with Crippen LogP contribution in [0.3, 0.4) is 0 Å². The minimum Gasteiger partial charge on any atom is -0.373 e. The van der Waals surface area contributed by atoms with Crippen LogP contribution in [0, 0.1) is 0 Å². The van der Waals surface area contributed by atoms with Crippen LogP contribution in [0.2, 0.25) is 0 Å². The lowest BCUT2D eigenvalue weighted by molar-refractivity contribution is 0.559. The summed E-state index contributed by atoms with van der Waals surface area (Å²) in [4.78, 5) is 7.99. The molecular weight excluding hydrogens is 240 g/mol. The van der Waals surface area contributed by atoms with Gasteiger partial charge in [-0.05, 0) is 13.8 Å². The number of rotatable bonds is 5. The van der Waals surface area contributed by atoms with E-state index in [9.17, 15) is 8.42 Å². The lowest BCUT2D eigenvalue weighted by atomic mass is 10.2. The maximum absolute atomic E-state index is 11.5. The van der Waals surface area contributed by atoms with Crippen LogP contribution in [-0.4, -0.2) is 43.0 Å². The monoisotopic (exact) mass is 258 g/mol. The smallest absolute Gasteiger partial charge is 0.154 e. The Morgan fingerprint density at radius 3 is 2.41 bits per heavy atom. The maximum atomic E-state index is 11.5. The van der Waals surface area contributed by atoms with Gasteiger partial charge in [0, 0.05) is 25.9 Å². The van der Waals surface area contributed by atoms with Crippen molar-refractivity contribution < 1.29 is 8.42 Å². The second kappa shape index (κ2) is 4.87. The molecule has 0 aliphatic heterocycles. The van der Waals surface area contributed by atoms with Crippen molar-refractivity contribution in [3.63, 3.8) is 0 Å². The molecule has 0 fully saturated rings. The molecule has 0 atom stereocenters. The third-order valence-corrected chi connectivity index (χ3v) is 4.77. The number of aromatic nitrogens is 2. The highest BCUT2D eigenvalue weighted by Gasteiger charge is 2.29. The Kier molecular flexibility index (Phi) is 3.92. The van der Waals surface area contributed by atoms with Gasteiger partial charge in [0.15, 0.2) is 9.84 Å². The summed E-state index contributed by atoms with van der Waals surface area (Å²) in [5.74, 6) is 1.28. The average Bonchev–Trinajstić information content (AvgIpc) is 2.25. The zero-order valence-electron chi connectivity index (χ0n) is 10.5. The predicted molar refractivity (Wildman–Crippen MR) is 69.0 cm³/mol. The minimum atomic E-state index is -3.11. The molecule has 0 saturated heterocycles. The second-order valence-electron chi connectivity index (χ2n) is 4.42. The largest absolute Gasteiger partial charge is 0.373 e. The fourth-order valence-electron chi connectivity index (χ4n) is 1.03. The Bertz CT molecular complexity index is 485. The molecule has 0 aliphatic rings. The van der Waals surface area contributed by atoms with Crippen LogP contribution in [-0.2, 0) is 9.84 Å². The molecular formula is C10H18N4O2S. The third kappa shape index (κ3) is 3.55. The molecule has 0 unspecified atom stereocenters. The molecule has 1 heterocycles. The van der Waals surface area contributed by atoms with Crippen molar-refractivity contribution in [3.8, 4) is 0 Å². The van der Waals surface area contributed by atoms with Crippen molar-refractivity contribution in [2.45, 2.75) is 18.6 Å². The normalized spacial score (nSPS) is 12.2. The van der Waals surface area contributed by atoms with E-state index in [2.05, 4.69) is 20.6 Å². The van der Waals surface area contributed by atoms with Gasteiger partial charge in [0.05, 0.1) is 4.75 Å². The number of hydrogen-bond acceptors (Lipinski definition) is 6. The summed E-state index contributed by atoms with van der Waals surface area (Å²) in [7, 11) is -1.35. The van der Waals surface area contributed by atoms with Gasteiger partial charge in [0.2, 0.25) is 0 Å². The summed E-state index contributed by atoms with van der Waals surface area (Å²) in [5.41, 5.74) is 0. The van der Waals surface area contributed by atoms with E-state index in [0.29, 0.717) is 18.2 Å². The van der Waals surface area contributed by atoms with E-state index in [1.165, 1.54) is 12.6 Å². The molecule has 2 N–H and O–H groups in total. The summed E-state index contributed by atoms with van der Waals surface area (Å²) < 4.78 is 22.2. The van der Waals surface area contributed by atoms with Gasteiger partial charge in [-0.3, -0.25) is 0 Å². The van der Waals surface area contributed by atoms with Crippen molar-refractivity contribution in [1.82, 2.24) is 9.97 Å². The van der Waals surface area contributed by atoms with Gasteiger partial charge in [-0.15, -0.1) is 0 Å². The molecule has 1 aromatic rings. The van der Waals surface area contributed by atoms with E-state index in [-0.39, 0.29) is 0 Å². The molecule has 7 heteroatoms. The molecule has 1 aromatic heterocycles. The molecule has 0 bridgehead atoms. The predicted octanol–water partition coefficient (Wildman–Crippen LogP) is 0.753. The summed E-state index contributed by atoms with van der Waals surface area (Å²) in [6, 6.07) is 1.72. The lowest BCUT2D eigenvalue weighted by Gasteiger charge is -2.23. The van der Waals surface area contributed by atoms with Gasteiger partial charge in [0.25, 0.3) is 0 Å². The fourth-order valence-corrected chi connectivity index (χ4v) is 1.36. The summed E-state index contributed by atoms with van der Waals surface area (Å²) >= 11 is 0. The van der Waals surface area contributed by atoms with Gasteiger partial charge in [-0.2, -0.15) is 0 Å². The van der Waals surface area contributed by atoms with E-state index >= 15 is 0 Å². The van der Waals surface area contributed by atoms with Gasteiger partial charge >= 0.3 is 0 Å². The van der Waals surface area contributed by atoms with Gasteiger partial charge in [-0.1, -0.05) is 0 Å². The number of anilines is 2. The molecule has 0 radical (unpaired) electrons. The minimum absolute atomic E-state index is 0.298. The van der Waals surface area contributed by atoms with Crippen LogP contribution < -0.4 is 10.6 Å². The third-order valence-electron chi connectivity index (χ3n) is 2.62. The van der Waals surface area contributed by atoms with Crippen molar-refractivity contribution in [2.75, 3.05) is 30.5 Å². The van der Waals surface area contributed by atoms with E-state index in [1.807, 2.05) is 0 Å². The summed E-state index contributed by atoms with van der Waals surface area (Å²) in [6.45, 7) is 3.65. The van der Waals surface area contributed by atoms with Crippen molar-refractivity contribution in [1.29, 1.82) is 0 Å². The number of nitrogens with zero attached hydrogens (tertiary/aromatic N) is 2. The molecule has 1 rings (SSSR count). The van der Waals surface area contributed by atoms with Crippen LogP contribution in [0.15, 0.2) is 12.4 Å². The van der Waals surface area contributed by atoms with Crippen molar-refractivity contribution >= 4 is 21.5 Å². The Morgan fingerprint density at radius 2 is 1.88 bits per heavy atom. The first-order valence-corrected chi connectivity index (χ1v) is 7.09. The molecule has 96 valence electrons. The summed E-state index contributed by atoms with van der Waals surface area (Å²) in [6.07, 6.45) is 2.65. The highest BCUT2D eigenvalue weighted by atomic mass is 32.2. The SMILES string of the molecule is CNc1cc(NCC(C)(C)S(C)(=O)=O)ncn1. The van der Waals surface area contributed by atoms with Gasteiger partial charge < -0.3 is 10.6 Å². The molecule has 17 heavy (non-hydrogen) atoms. The molecule has 0 amide bonds. The number of hydrogen-bond donors (Lipinski definition) is 2. The van der Waals surface area contributed by atoms with Gasteiger partial charge in [-0.25, -0.2) is 18.4 Å². The average molecular weight is 258 g/mol. The lowest BCUT2D eigenvalue weighted by Crippen LogP contribution is -2.38. The number of nitrogens with one attached hydrogen (secondary N) is 2. The zero-order valence-corrected chi connectivity index (χ0v) is 11.3. The standard InChI is InChI=1S/C10H18N4O2S/c1-10(2,17(4,15)16)6-12-9-5-8(11-3)13-7-14-9/h5,7H,6H2,1-4H3,(H2,11,12,13,14). The zero-order chi connectivity index (χ0) is 13.1. The van der Waals surface area contributed by atoms with Crippen LogP contribution in [0.4, 0.5) is 11.6 Å². The van der Waals surface area contributed by atoms with Gasteiger partial charge in [0.1, 0.15) is 18.0 Å². The molecule has 0 spiro atoms. The topological polar surface area (TPSA) is 84.0 Å². The summed E-state index contributed by atoms with van der Waals surface area (Å²) in [5, 5.41) is 5.88. The highest BCUT2D eigenvalue weighted by Crippen LogP contribution is 2.16. The fraction of sp³-hybridized carbons (Fsp3) is 0.600. The first-order chi connectivity index (χ1) is 7.76. The molecule has 0 aliphatic carbocycles. The van der Waals surface area contributed by atoms with Crippen molar-refractivity contribution in [3.05, 3.63) is 12.4 Å². The molecule has 6 nitrogen and oxygen atoms in total. The van der Waals surface area contributed by atoms with Crippen molar-refractivity contribution in [2.24, 2.45) is 0 Å². The number of sulfone groups is 1. The van der Waals surface area contributed by atoms with Crippen LogP contribution >= 0.6 is 0 Å². The van der Waals surface area contributed by atoms with E-state index < -0.39 is 14.6 Å². The Morgan fingerprint density at radius 1 is 1.29 bits per heavy atom. The first kappa shape index (κ1) is 13.7. The van der Waals surface area contributed by atoms with E-state index in [1.54, 1.807) is 27.0 Å². The molecule has 0 aromatic carbocycles. The second-order valence-corrected chi connectivity index (χ2v) is 7.07. The quantitative estimate of drug-likeness (QED) is 0.811. The Balaban J connectivity index is 2.74. The highest BCUT2D eigenvalue weighted by molar-refractivity contribution is 7.92. The van der Waals surface area contributed by atoms with E-state index in [0.717, 1.165) is 0 Å².